The molecule has 0 heterocycles. The van der Waals surface area contributed by atoms with E-state index in [4.69, 9.17) is 10.6 Å². The fraction of sp³-hybridized carbons (Fsp3) is 1.00. The summed E-state index contributed by atoms with van der Waals surface area (Å²) in [4.78, 5) is 0. The van der Waals surface area contributed by atoms with Crippen molar-refractivity contribution in [2.24, 2.45) is 11.8 Å². The van der Waals surface area contributed by atoms with Gasteiger partial charge < -0.3 is 4.74 Å². The quantitative estimate of drug-likeness (QED) is 0.504. The summed E-state index contributed by atoms with van der Waals surface area (Å²) < 4.78 is 5.57. The van der Waals surface area contributed by atoms with Gasteiger partial charge in [-0.1, -0.05) is 25.7 Å². The van der Waals surface area contributed by atoms with Gasteiger partial charge in [0, 0.05) is 6.04 Å². The number of rotatable bonds is 7. The molecule has 15 heavy (non-hydrogen) atoms. The van der Waals surface area contributed by atoms with Crippen LogP contribution >= 0.6 is 0 Å². The third-order valence-corrected chi connectivity index (χ3v) is 3.26. The summed E-state index contributed by atoms with van der Waals surface area (Å²) in [7, 11) is 0. The van der Waals surface area contributed by atoms with E-state index in [-0.39, 0.29) is 0 Å². The van der Waals surface area contributed by atoms with Gasteiger partial charge in [-0.05, 0) is 32.6 Å². The molecule has 90 valence electrons. The number of hydrogen-bond donors (Lipinski definition) is 2. The van der Waals surface area contributed by atoms with Crippen molar-refractivity contribution in [2.45, 2.75) is 64.5 Å². The van der Waals surface area contributed by atoms with Crippen LogP contribution in [-0.4, -0.2) is 18.8 Å². The number of hydrogen-bond acceptors (Lipinski definition) is 3. The molecule has 0 aromatic carbocycles. The van der Waals surface area contributed by atoms with Crippen molar-refractivity contribution in [3.8, 4) is 0 Å². The van der Waals surface area contributed by atoms with E-state index in [1.54, 1.807) is 0 Å². The van der Waals surface area contributed by atoms with Crippen molar-refractivity contribution < 1.29 is 4.74 Å². The van der Waals surface area contributed by atoms with Gasteiger partial charge >= 0.3 is 0 Å². The van der Waals surface area contributed by atoms with Gasteiger partial charge in [-0.15, -0.1) is 0 Å². The molecular formula is C12H26N2O. The van der Waals surface area contributed by atoms with Gasteiger partial charge in [-0.2, -0.15) is 0 Å². The number of nitrogens with one attached hydrogen (secondary N) is 1. The highest BCUT2D eigenvalue weighted by Gasteiger charge is 2.17. The highest BCUT2D eigenvalue weighted by molar-refractivity contribution is 4.71. The molecule has 1 unspecified atom stereocenters. The first-order valence-corrected chi connectivity index (χ1v) is 6.30. The minimum absolute atomic E-state index is 0.298. The van der Waals surface area contributed by atoms with E-state index in [0.29, 0.717) is 12.1 Å². The Morgan fingerprint density at radius 3 is 2.53 bits per heavy atom. The Balaban J connectivity index is 2.09. The van der Waals surface area contributed by atoms with E-state index < -0.39 is 0 Å². The van der Waals surface area contributed by atoms with Gasteiger partial charge in [0.05, 0.1) is 12.7 Å². The van der Waals surface area contributed by atoms with Crippen LogP contribution in [0.3, 0.4) is 0 Å². The van der Waals surface area contributed by atoms with Gasteiger partial charge in [0.1, 0.15) is 0 Å². The van der Waals surface area contributed by atoms with E-state index in [0.717, 1.165) is 18.9 Å². The molecule has 1 saturated carbocycles. The van der Waals surface area contributed by atoms with E-state index in [2.05, 4.69) is 19.3 Å². The number of nitrogens with two attached hydrogens (primary N) is 1. The largest absolute Gasteiger partial charge is 0.377 e. The van der Waals surface area contributed by atoms with Crippen LogP contribution in [0.2, 0.25) is 0 Å². The summed E-state index contributed by atoms with van der Waals surface area (Å²) in [5.74, 6) is 6.46. The molecule has 0 radical (unpaired) electrons. The lowest BCUT2D eigenvalue weighted by Crippen LogP contribution is -2.39. The Labute approximate surface area is 93.7 Å². The zero-order chi connectivity index (χ0) is 11.1. The Morgan fingerprint density at radius 1 is 1.33 bits per heavy atom. The van der Waals surface area contributed by atoms with Gasteiger partial charge in [0.25, 0.3) is 0 Å². The van der Waals surface area contributed by atoms with Crippen LogP contribution in [-0.2, 0) is 4.74 Å². The lowest BCUT2D eigenvalue weighted by atomic mass is 9.99. The molecule has 1 rings (SSSR count). The molecule has 0 bridgehead atoms. The number of ether oxygens (including phenoxy) is 1. The van der Waals surface area contributed by atoms with Crippen molar-refractivity contribution in [1.29, 1.82) is 0 Å². The molecule has 0 saturated heterocycles. The third kappa shape index (κ3) is 5.50. The average Bonchev–Trinajstić information content (AvgIpc) is 2.70. The topological polar surface area (TPSA) is 47.3 Å². The number of hydrazine groups is 1. The Bertz CT molecular complexity index is 156. The third-order valence-electron chi connectivity index (χ3n) is 3.26. The van der Waals surface area contributed by atoms with Crippen molar-refractivity contribution in [3.05, 3.63) is 0 Å². The molecule has 3 N–H and O–H groups in total. The second-order valence-corrected chi connectivity index (χ2v) is 4.97. The summed E-state index contributed by atoms with van der Waals surface area (Å²) in [6.07, 6.45) is 8.43. The summed E-state index contributed by atoms with van der Waals surface area (Å²) in [5, 5.41) is 0. The molecule has 3 heteroatoms. The predicted molar refractivity (Wildman–Crippen MR) is 63.4 cm³/mol. The Hall–Kier alpha value is -0.120. The van der Waals surface area contributed by atoms with E-state index in [1.807, 2.05) is 0 Å². The molecule has 3 nitrogen and oxygen atoms in total. The van der Waals surface area contributed by atoms with Crippen LogP contribution in [0.4, 0.5) is 0 Å². The minimum atomic E-state index is 0.298. The van der Waals surface area contributed by atoms with Crippen LogP contribution in [0.5, 0.6) is 0 Å². The monoisotopic (exact) mass is 214 g/mol. The maximum absolute atomic E-state index is 5.57. The van der Waals surface area contributed by atoms with E-state index in [1.165, 1.54) is 32.1 Å². The molecule has 1 atom stereocenters. The first-order chi connectivity index (χ1) is 7.22. The van der Waals surface area contributed by atoms with Crippen LogP contribution in [0.25, 0.3) is 0 Å². The maximum atomic E-state index is 5.57. The van der Waals surface area contributed by atoms with Crippen LogP contribution < -0.4 is 11.3 Å². The molecule has 1 aliphatic rings. The van der Waals surface area contributed by atoms with E-state index in [9.17, 15) is 0 Å². The normalized spacial score (nSPS) is 20.0. The summed E-state index contributed by atoms with van der Waals surface area (Å²) in [6.45, 7) is 4.86. The molecule has 0 aliphatic heterocycles. The van der Waals surface area contributed by atoms with E-state index >= 15 is 0 Å². The summed E-state index contributed by atoms with van der Waals surface area (Å²) in [5.41, 5.74) is 2.86. The zero-order valence-corrected chi connectivity index (χ0v) is 10.2. The highest BCUT2D eigenvalue weighted by Crippen LogP contribution is 2.28. The van der Waals surface area contributed by atoms with Gasteiger partial charge in [-0.3, -0.25) is 11.3 Å². The van der Waals surface area contributed by atoms with Crippen molar-refractivity contribution in [2.75, 3.05) is 6.61 Å². The molecule has 0 amide bonds. The smallest absolute Gasteiger partial charge is 0.0636 e. The molecule has 0 spiro atoms. The fourth-order valence-corrected chi connectivity index (χ4v) is 2.26. The fourth-order valence-electron chi connectivity index (χ4n) is 2.26. The lowest BCUT2D eigenvalue weighted by Gasteiger charge is -2.19. The van der Waals surface area contributed by atoms with Crippen LogP contribution in [0.1, 0.15) is 52.4 Å². The van der Waals surface area contributed by atoms with Gasteiger partial charge in [-0.25, -0.2) is 0 Å². The second-order valence-electron chi connectivity index (χ2n) is 4.97. The summed E-state index contributed by atoms with van der Waals surface area (Å²) >= 11 is 0. The molecule has 0 aromatic heterocycles. The van der Waals surface area contributed by atoms with Gasteiger partial charge in [0.15, 0.2) is 0 Å². The molecule has 0 aromatic rings. The average molecular weight is 214 g/mol. The van der Waals surface area contributed by atoms with Crippen molar-refractivity contribution >= 4 is 0 Å². The lowest BCUT2D eigenvalue weighted by molar-refractivity contribution is 0.0583. The molecule has 1 fully saturated rings. The van der Waals surface area contributed by atoms with Crippen molar-refractivity contribution in [3.63, 3.8) is 0 Å². The molecular weight excluding hydrogens is 188 g/mol. The summed E-state index contributed by atoms with van der Waals surface area (Å²) in [6, 6.07) is 0.327. The zero-order valence-electron chi connectivity index (χ0n) is 10.2. The van der Waals surface area contributed by atoms with Crippen LogP contribution in [0.15, 0.2) is 0 Å². The standard InChI is InChI=1S/C12H26N2O/c1-10(2)15-9-12(14-13)8-7-11-5-3-4-6-11/h10-12,14H,3-9,13H2,1-2H3. The molecule has 1 aliphatic carbocycles. The van der Waals surface area contributed by atoms with Crippen molar-refractivity contribution in [1.82, 2.24) is 5.43 Å². The SMILES string of the molecule is CC(C)OCC(CCC1CCCC1)NN. The minimum Gasteiger partial charge on any atom is -0.377 e. The first-order valence-electron chi connectivity index (χ1n) is 6.30. The second kappa shape index (κ2) is 7.20. The Kier molecular flexibility index (Phi) is 6.22. The predicted octanol–water partition coefficient (Wildman–Crippen LogP) is 2.21. The first kappa shape index (κ1) is 12.9. The van der Waals surface area contributed by atoms with Gasteiger partial charge in [0.2, 0.25) is 0 Å². The maximum Gasteiger partial charge on any atom is 0.0636 e. The highest BCUT2D eigenvalue weighted by atomic mass is 16.5. The Morgan fingerprint density at radius 2 is 2.00 bits per heavy atom. The van der Waals surface area contributed by atoms with Crippen LogP contribution in [0, 0.1) is 5.92 Å².